The van der Waals surface area contributed by atoms with Crippen LogP contribution in [0, 0.1) is 0 Å². The minimum atomic E-state index is 0. The van der Waals surface area contributed by atoms with Gasteiger partial charge in [0.15, 0.2) is 5.82 Å². The lowest BCUT2D eigenvalue weighted by Crippen LogP contribution is -2.16. The Morgan fingerprint density at radius 2 is 2.08 bits per heavy atom. The molecule has 0 fully saturated rings. The number of hydrogen-bond donors (Lipinski definition) is 2. The normalized spacial score (nSPS) is 13.1. The highest BCUT2D eigenvalue weighted by Crippen LogP contribution is 2.23. The summed E-state index contributed by atoms with van der Waals surface area (Å²) in [6, 6.07) is 3.93. The second-order valence-electron chi connectivity index (χ2n) is 5.24. The lowest BCUT2D eigenvalue weighted by molar-refractivity contribution is 0.424. The first-order valence-electron chi connectivity index (χ1n) is 7.54. The Hall–Kier alpha value is -1.74. The molecular formula is C15H18Cl2N6OS. The van der Waals surface area contributed by atoms with E-state index in [2.05, 4.69) is 30.7 Å². The molecule has 7 nitrogen and oxygen atoms in total. The molecule has 0 spiro atoms. The second kappa shape index (κ2) is 9.10. The number of aromatic nitrogens is 4. The van der Waals surface area contributed by atoms with E-state index in [4.69, 9.17) is 4.52 Å². The zero-order valence-corrected chi connectivity index (χ0v) is 15.7. The van der Waals surface area contributed by atoms with E-state index in [1.165, 1.54) is 5.56 Å². The number of halogens is 2. The van der Waals surface area contributed by atoms with Gasteiger partial charge in [0.25, 0.3) is 5.89 Å². The van der Waals surface area contributed by atoms with Gasteiger partial charge in [-0.15, -0.1) is 36.2 Å². The van der Waals surface area contributed by atoms with Crippen LogP contribution in [0.1, 0.15) is 17.1 Å². The number of fused-ring (bicyclic) bond motifs is 1. The molecule has 0 saturated heterocycles. The van der Waals surface area contributed by atoms with Gasteiger partial charge in [-0.3, -0.25) is 0 Å². The van der Waals surface area contributed by atoms with Gasteiger partial charge in [0, 0.05) is 18.5 Å². The minimum absolute atomic E-state index is 0. The predicted octanol–water partition coefficient (Wildman–Crippen LogP) is 2.73. The standard InChI is InChI=1S/C15H16N6OS.2ClH/c1-2-12(23-7-1)15-20-13(21-22-15)8-17-14-10-3-5-16-6-4-11(10)18-9-19-14;;/h1-2,7,9,16H,3-6,8H2,(H,17,18,19);2*1H. The van der Waals surface area contributed by atoms with Crippen molar-refractivity contribution in [2.24, 2.45) is 0 Å². The van der Waals surface area contributed by atoms with Crippen LogP contribution >= 0.6 is 36.2 Å². The number of thiophene rings is 1. The summed E-state index contributed by atoms with van der Waals surface area (Å²) in [5.74, 6) is 2.04. The third-order valence-electron chi connectivity index (χ3n) is 3.74. The van der Waals surface area contributed by atoms with Crippen molar-refractivity contribution in [1.29, 1.82) is 0 Å². The van der Waals surface area contributed by atoms with Crippen LogP contribution in [0.2, 0.25) is 0 Å². The lowest BCUT2D eigenvalue weighted by atomic mass is 10.1. The largest absolute Gasteiger partial charge is 0.362 e. The van der Waals surface area contributed by atoms with Crippen LogP contribution in [0.15, 0.2) is 28.4 Å². The van der Waals surface area contributed by atoms with E-state index < -0.39 is 0 Å². The van der Waals surface area contributed by atoms with E-state index in [-0.39, 0.29) is 24.8 Å². The average Bonchev–Trinajstić information content (AvgIpc) is 3.20. The molecule has 0 amide bonds. The summed E-state index contributed by atoms with van der Waals surface area (Å²) in [5.41, 5.74) is 2.29. The number of anilines is 1. The van der Waals surface area contributed by atoms with Gasteiger partial charge < -0.3 is 15.2 Å². The van der Waals surface area contributed by atoms with Crippen LogP contribution in [-0.2, 0) is 19.4 Å². The molecule has 2 N–H and O–H groups in total. The van der Waals surface area contributed by atoms with Crippen molar-refractivity contribution >= 4 is 42.0 Å². The molecule has 3 aromatic heterocycles. The third kappa shape index (κ3) is 4.46. The molecule has 0 saturated carbocycles. The van der Waals surface area contributed by atoms with Gasteiger partial charge >= 0.3 is 0 Å². The zero-order valence-electron chi connectivity index (χ0n) is 13.3. The smallest absolute Gasteiger partial charge is 0.268 e. The summed E-state index contributed by atoms with van der Waals surface area (Å²) in [4.78, 5) is 14.2. The first-order chi connectivity index (χ1) is 11.4. The van der Waals surface area contributed by atoms with Crippen LogP contribution in [0.5, 0.6) is 0 Å². The van der Waals surface area contributed by atoms with E-state index in [0.29, 0.717) is 18.3 Å². The maximum atomic E-state index is 5.30. The van der Waals surface area contributed by atoms with Gasteiger partial charge in [0.1, 0.15) is 12.1 Å². The summed E-state index contributed by atoms with van der Waals surface area (Å²) in [6.07, 6.45) is 3.46. The lowest BCUT2D eigenvalue weighted by Gasteiger charge is -2.10. The molecule has 4 rings (SSSR count). The Balaban J connectivity index is 0.00000113. The molecule has 25 heavy (non-hydrogen) atoms. The minimum Gasteiger partial charge on any atom is -0.362 e. The highest BCUT2D eigenvalue weighted by atomic mass is 35.5. The summed E-state index contributed by atoms with van der Waals surface area (Å²) in [5, 5.41) is 12.7. The van der Waals surface area contributed by atoms with Gasteiger partial charge in [0.2, 0.25) is 0 Å². The highest BCUT2D eigenvalue weighted by molar-refractivity contribution is 7.13. The van der Waals surface area contributed by atoms with Gasteiger partial charge in [-0.25, -0.2) is 9.97 Å². The number of rotatable bonds is 4. The molecule has 134 valence electrons. The van der Waals surface area contributed by atoms with Gasteiger partial charge in [-0.05, 0) is 24.4 Å². The molecule has 0 aliphatic carbocycles. The number of nitrogens with one attached hydrogen (secondary N) is 2. The van der Waals surface area contributed by atoms with Crippen molar-refractivity contribution in [1.82, 2.24) is 25.4 Å². The summed E-state index contributed by atoms with van der Waals surface area (Å²) in [7, 11) is 0. The van der Waals surface area contributed by atoms with E-state index in [1.54, 1.807) is 17.7 Å². The Kier molecular flexibility index (Phi) is 7.12. The molecule has 0 radical (unpaired) electrons. The molecule has 10 heteroatoms. The number of nitrogens with zero attached hydrogens (tertiary/aromatic N) is 4. The summed E-state index contributed by atoms with van der Waals surface area (Å²) >= 11 is 1.58. The van der Waals surface area contributed by atoms with Crippen LogP contribution in [0.3, 0.4) is 0 Å². The Morgan fingerprint density at radius 3 is 2.92 bits per heavy atom. The van der Waals surface area contributed by atoms with Crippen molar-refractivity contribution in [2.75, 3.05) is 18.4 Å². The van der Waals surface area contributed by atoms with Crippen molar-refractivity contribution in [3.63, 3.8) is 0 Å². The molecule has 1 aliphatic rings. The molecule has 0 aromatic carbocycles. The maximum Gasteiger partial charge on any atom is 0.268 e. The van der Waals surface area contributed by atoms with Crippen molar-refractivity contribution in [3.05, 3.63) is 40.9 Å². The molecule has 4 heterocycles. The van der Waals surface area contributed by atoms with Gasteiger partial charge in [-0.2, -0.15) is 4.98 Å². The fourth-order valence-electron chi connectivity index (χ4n) is 2.61. The topological polar surface area (TPSA) is 88.8 Å². The second-order valence-corrected chi connectivity index (χ2v) is 6.19. The van der Waals surface area contributed by atoms with Crippen molar-refractivity contribution in [2.45, 2.75) is 19.4 Å². The molecule has 0 atom stereocenters. The highest BCUT2D eigenvalue weighted by Gasteiger charge is 2.15. The first kappa shape index (κ1) is 19.6. The third-order valence-corrected chi connectivity index (χ3v) is 4.60. The quantitative estimate of drug-likeness (QED) is 0.695. The monoisotopic (exact) mass is 400 g/mol. The Bertz CT molecular complexity index is 795. The average molecular weight is 401 g/mol. The number of hydrogen-bond acceptors (Lipinski definition) is 8. The Morgan fingerprint density at radius 1 is 1.20 bits per heavy atom. The molecular weight excluding hydrogens is 383 g/mol. The van der Waals surface area contributed by atoms with Gasteiger partial charge in [0.05, 0.1) is 17.1 Å². The maximum absolute atomic E-state index is 5.30. The summed E-state index contributed by atoms with van der Waals surface area (Å²) in [6.45, 7) is 2.38. The van der Waals surface area contributed by atoms with Crippen LogP contribution in [0.4, 0.5) is 5.82 Å². The molecule has 0 unspecified atom stereocenters. The van der Waals surface area contributed by atoms with Crippen LogP contribution in [-0.4, -0.2) is 33.2 Å². The van der Waals surface area contributed by atoms with E-state index in [9.17, 15) is 0 Å². The fraction of sp³-hybridized carbons (Fsp3) is 0.333. The fourth-order valence-corrected chi connectivity index (χ4v) is 3.26. The van der Waals surface area contributed by atoms with Crippen molar-refractivity contribution < 1.29 is 4.52 Å². The van der Waals surface area contributed by atoms with Crippen molar-refractivity contribution in [3.8, 4) is 10.8 Å². The van der Waals surface area contributed by atoms with E-state index in [1.807, 2.05) is 17.5 Å². The SMILES string of the molecule is Cl.Cl.c1csc(-c2nc(CNc3ncnc4c3CCNCC4)no2)c1. The zero-order chi connectivity index (χ0) is 15.5. The van der Waals surface area contributed by atoms with E-state index in [0.717, 1.165) is 42.3 Å². The van der Waals surface area contributed by atoms with Crippen LogP contribution < -0.4 is 10.6 Å². The Labute approximate surface area is 161 Å². The molecule has 1 aliphatic heterocycles. The molecule has 0 bridgehead atoms. The van der Waals surface area contributed by atoms with Gasteiger partial charge in [-0.1, -0.05) is 11.2 Å². The molecule has 3 aromatic rings. The summed E-state index contributed by atoms with van der Waals surface area (Å²) < 4.78 is 5.30. The predicted molar refractivity (Wildman–Crippen MR) is 102 cm³/mol. The van der Waals surface area contributed by atoms with Crippen LogP contribution in [0.25, 0.3) is 10.8 Å². The first-order valence-corrected chi connectivity index (χ1v) is 8.42. The van der Waals surface area contributed by atoms with E-state index >= 15 is 0 Å².